The van der Waals surface area contributed by atoms with Crippen molar-refractivity contribution >= 4 is 10.2 Å². The Hall–Kier alpha value is -2.18. The second-order valence-corrected chi connectivity index (χ2v) is 9.01. The molecule has 2 heterocycles. The number of hydrogen-bond donors (Lipinski definition) is 2. The second kappa shape index (κ2) is 7.92. The quantitative estimate of drug-likeness (QED) is 0.729. The lowest BCUT2D eigenvalue weighted by atomic mass is 10.0. The van der Waals surface area contributed by atoms with E-state index in [1.807, 2.05) is 0 Å². The number of piperidine rings is 1. The second-order valence-electron chi connectivity index (χ2n) is 7.34. The van der Waals surface area contributed by atoms with Crippen LogP contribution in [0.2, 0.25) is 0 Å². The van der Waals surface area contributed by atoms with Crippen molar-refractivity contribution in [3.8, 4) is 5.75 Å². The van der Waals surface area contributed by atoms with Gasteiger partial charge in [0.2, 0.25) is 0 Å². The number of rotatable bonds is 6. The molecule has 3 rings (SSSR count). The minimum atomic E-state index is -4.40. The Labute approximate surface area is 166 Å². The average molecular weight is 433 g/mol. The fourth-order valence-corrected chi connectivity index (χ4v) is 4.62. The Kier molecular flexibility index (Phi) is 5.88. The molecule has 1 fully saturated rings. The molecule has 0 bridgehead atoms. The van der Waals surface area contributed by atoms with Crippen LogP contribution in [0, 0.1) is 0 Å². The maximum atomic E-state index is 12.7. The topological polar surface area (TPSA) is 100 Å². The zero-order chi connectivity index (χ0) is 21.3. The number of alkyl halides is 3. The first kappa shape index (κ1) is 21.5. The van der Waals surface area contributed by atoms with Crippen molar-refractivity contribution in [2.75, 3.05) is 13.1 Å². The summed E-state index contributed by atoms with van der Waals surface area (Å²) < 4.78 is 72.9. The molecule has 0 amide bonds. The van der Waals surface area contributed by atoms with Gasteiger partial charge in [-0.3, -0.25) is 5.10 Å². The Morgan fingerprint density at radius 1 is 1.17 bits per heavy atom. The highest BCUT2D eigenvalue weighted by molar-refractivity contribution is 7.87. The van der Waals surface area contributed by atoms with E-state index in [2.05, 4.69) is 20.1 Å². The molecule has 160 valence electrons. The molecule has 29 heavy (non-hydrogen) atoms. The summed E-state index contributed by atoms with van der Waals surface area (Å²) in [5.74, 6) is 0.324. The van der Waals surface area contributed by atoms with Crippen molar-refractivity contribution in [3.05, 3.63) is 41.7 Å². The predicted octanol–water partition coefficient (Wildman–Crippen LogP) is 2.44. The van der Waals surface area contributed by atoms with Crippen LogP contribution in [0.25, 0.3) is 0 Å². The van der Waals surface area contributed by atoms with Crippen LogP contribution in [-0.4, -0.2) is 47.3 Å². The van der Waals surface area contributed by atoms with Crippen LogP contribution in [0.5, 0.6) is 5.75 Å². The fourth-order valence-electron chi connectivity index (χ4n) is 3.05. The molecule has 2 aromatic rings. The number of ether oxygens (including phenoxy) is 1. The molecule has 1 aromatic heterocycles. The van der Waals surface area contributed by atoms with Gasteiger partial charge in [-0.05, 0) is 51.0 Å². The maximum Gasteiger partial charge on any atom is 0.416 e. The smallest absolute Gasteiger partial charge is 0.416 e. The molecule has 1 aromatic carbocycles. The van der Waals surface area contributed by atoms with Crippen molar-refractivity contribution in [1.82, 2.24) is 24.4 Å². The van der Waals surface area contributed by atoms with Crippen molar-refractivity contribution in [1.29, 1.82) is 0 Å². The molecule has 0 aliphatic carbocycles. The summed E-state index contributed by atoms with van der Waals surface area (Å²) in [5.41, 5.74) is -1.14. The van der Waals surface area contributed by atoms with Crippen molar-refractivity contribution in [2.45, 2.75) is 44.5 Å². The SMILES string of the molecule is CC(C)(NS(=O)(=O)N1CCC(Oc2ccc(C(F)(F)F)cc2)CC1)c1cnn[nH]1. The van der Waals surface area contributed by atoms with Gasteiger partial charge in [0, 0.05) is 13.1 Å². The number of aromatic amines is 1. The first-order valence-electron chi connectivity index (χ1n) is 8.97. The van der Waals surface area contributed by atoms with Crippen LogP contribution in [0.1, 0.15) is 37.9 Å². The van der Waals surface area contributed by atoms with E-state index in [0.29, 0.717) is 24.3 Å². The van der Waals surface area contributed by atoms with Crippen LogP contribution >= 0.6 is 0 Å². The molecule has 12 heteroatoms. The largest absolute Gasteiger partial charge is 0.490 e. The maximum absolute atomic E-state index is 12.7. The molecule has 8 nitrogen and oxygen atoms in total. The van der Waals surface area contributed by atoms with Gasteiger partial charge in [-0.25, -0.2) is 0 Å². The molecular formula is C17H22F3N5O3S. The van der Waals surface area contributed by atoms with E-state index >= 15 is 0 Å². The number of H-pyrrole nitrogens is 1. The van der Waals surface area contributed by atoms with Crippen LogP contribution in [0.15, 0.2) is 30.5 Å². The van der Waals surface area contributed by atoms with E-state index in [-0.39, 0.29) is 19.2 Å². The van der Waals surface area contributed by atoms with Crippen molar-refractivity contribution in [2.24, 2.45) is 0 Å². The van der Waals surface area contributed by atoms with Gasteiger partial charge in [-0.1, -0.05) is 5.21 Å². The number of nitrogens with zero attached hydrogens (tertiary/aromatic N) is 3. The molecule has 2 N–H and O–H groups in total. The van der Waals surface area contributed by atoms with Crippen LogP contribution in [0.3, 0.4) is 0 Å². The standard InChI is InChI=1S/C17H22F3N5O3S/c1-16(2,15-11-21-24-22-15)23-29(26,27)25-9-7-14(8-10-25)28-13-5-3-12(4-6-13)17(18,19)20/h3-6,11,14,23H,7-10H2,1-2H3,(H,21,22,24). The first-order chi connectivity index (χ1) is 13.5. The molecule has 0 saturated carbocycles. The Morgan fingerprint density at radius 2 is 1.79 bits per heavy atom. The molecule has 1 saturated heterocycles. The van der Waals surface area contributed by atoms with E-state index < -0.39 is 27.5 Å². The van der Waals surface area contributed by atoms with Gasteiger partial charge >= 0.3 is 6.18 Å². The number of hydrogen-bond acceptors (Lipinski definition) is 5. The summed E-state index contributed by atoms with van der Waals surface area (Å²) in [6.45, 7) is 3.86. The lowest BCUT2D eigenvalue weighted by Gasteiger charge is -2.34. The third-order valence-electron chi connectivity index (χ3n) is 4.70. The van der Waals surface area contributed by atoms with Crippen molar-refractivity contribution < 1.29 is 26.3 Å². The highest BCUT2D eigenvalue weighted by Crippen LogP contribution is 2.31. The monoisotopic (exact) mass is 433 g/mol. The van der Waals surface area contributed by atoms with Gasteiger partial charge < -0.3 is 4.74 Å². The predicted molar refractivity (Wildman–Crippen MR) is 98.1 cm³/mol. The highest BCUT2D eigenvalue weighted by Gasteiger charge is 2.35. The summed E-state index contributed by atoms with van der Waals surface area (Å²) >= 11 is 0. The van der Waals surface area contributed by atoms with Crippen LogP contribution < -0.4 is 9.46 Å². The minimum absolute atomic E-state index is 0.234. The first-order valence-corrected chi connectivity index (χ1v) is 10.4. The number of halogens is 3. The molecule has 1 aliphatic heterocycles. The number of nitrogens with one attached hydrogen (secondary N) is 2. The van der Waals surface area contributed by atoms with Crippen molar-refractivity contribution in [3.63, 3.8) is 0 Å². The normalized spacial score (nSPS) is 17.4. The molecule has 0 spiro atoms. The average Bonchev–Trinajstić information content (AvgIpc) is 3.17. The zero-order valence-corrected chi connectivity index (χ0v) is 16.7. The minimum Gasteiger partial charge on any atom is -0.490 e. The lowest BCUT2D eigenvalue weighted by molar-refractivity contribution is -0.137. The summed E-state index contributed by atoms with van der Waals surface area (Å²) in [4.78, 5) is 0. The molecular weight excluding hydrogens is 411 g/mol. The Bertz CT molecular complexity index is 907. The van der Waals surface area contributed by atoms with Crippen LogP contribution in [-0.2, 0) is 21.9 Å². The molecule has 0 radical (unpaired) electrons. The number of aromatic nitrogens is 3. The van der Waals surface area contributed by atoms with Gasteiger partial charge in [0.15, 0.2) is 0 Å². The van der Waals surface area contributed by atoms with E-state index in [9.17, 15) is 21.6 Å². The molecule has 1 aliphatic rings. The van der Waals surface area contributed by atoms with E-state index in [1.54, 1.807) is 13.8 Å². The Balaban J connectivity index is 1.56. The van der Waals surface area contributed by atoms with Crippen LogP contribution in [0.4, 0.5) is 13.2 Å². The van der Waals surface area contributed by atoms with Gasteiger partial charge in [0.25, 0.3) is 10.2 Å². The van der Waals surface area contributed by atoms with E-state index in [1.165, 1.54) is 22.6 Å². The molecule has 0 atom stereocenters. The third kappa shape index (κ3) is 5.25. The van der Waals surface area contributed by atoms with E-state index in [0.717, 1.165) is 12.1 Å². The highest BCUT2D eigenvalue weighted by atomic mass is 32.2. The summed E-state index contributed by atoms with van der Waals surface area (Å²) in [6.07, 6.45) is -2.37. The summed E-state index contributed by atoms with van der Waals surface area (Å²) in [5, 5.41) is 9.92. The third-order valence-corrected chi connectivity index (χ3v) is 6.51. The molecule has 0 unspecified atom stereocenters. The number of benzene rings is 1. The Morgan fingerprint density at radius 3 is 2.31 bits per heavy atom. The van der Waals surface area contributed by atoms with Gasteiger partial charge in [-0.15, -0.1) is 5.10 Å². The van der Waals surface area contributed by atoms with Gasteiger partial charge in [0.05, 0.1) is 23.0 Å². The van der Waals surface area contributed by atoms with E-state index in [4.69, 9.17) is 4.74 Å². The lowest BCUT2D eigenvalue weighted by Crippen LogP contribution is -2.52. The fraction of sp³-hybridized carbons (Fsp3) is 0.529. The zero-order valence-electron chi connectivity index (χ0n) is 15.9. The van der Waals surface area contributed by atoms with Gasteiger partial charge in [-0.2, -0.15) is 30.6 Å². The summed E-state index contributed by atoms with van der Waals surface area (Å²) in [7, 11) is -3.76. The summed E-state index contributed by atoms with van der Waals surface area (Å²) in [6, 6.07) is 4.47. The van der Waals surface area contributed by atoms with Gasteiger partial charge in [0.1, 0.15) is 11.9 Å².